The van der Waals surface area contributed by atoms with Crippen LogP contribution in [0.15, 0.2) is 33.5 Å². The Morgan fingerprint density at radius 3 is 2.94 bits per heavy atom. The maximum absolute atomic E-state index is 5.31. The summed E-state index contributed by atoms with van der Waals surface area (Å²) >= 11 is 3.37. The van der Waals surface area contributed by atoms with Gasteiger partial charge in [0.2, 0.25) is 0 Å². The van der Waals surface area contributed by atoms with Crippen LogP contribution in [-0.4, -0.2) is 16.0 Å². The number of nitrogens with one attached hydrogen (secondary N) is 1. The van der Waals surface area contributed by atoms with Crippen LogP contribution in [0.1, 0.15) is 24.9 Å². The lowest BCUT2D eigenvalue weighted by molar-refractivity contribution is 0.495. The fourth-order valence-electron chi connectivity index (χ4n) is 1.74. The normalized spacial score (nSPS) is 12.4. The number of aromatic nitrogens is 2. The van der Waals surface area contributed by atoms with Gasteiger partial charge in [0.25, 0.3) is 0 Å². The summed E-state index contributed by atoms with van der Waals surface area (Å²) in [7, 11) is 0. The molecule has 4 nitrogen and oxygen atoms in total. The molecule has 1 atom stereocenters. The van der Waals surface area contributed by atoms with Crippen molar-refractivity contribution in [2.45, 2.75) is 32.7 Å². The first-order valence-electron chi connectivity index (χ1n) is 5.93. The Labute approximate surface area is 115 Å². The summed E-state index contributed by atoms with van der Waals surface area (Å²) in [6, 6.07) is 6.13. The first-order chi connectivity index (χ1) is 8.63. The highest BCUT2D eigenvalue weighted by Gasteiger charge is 2.06. The number of halogens is 1. The molecule has 2 rings (SSSR count). The van der Waals surface area contributed by atoms with Crippen molar-refractivity contribution in [2.24, 2.45) is 0 Å². The first kappa shape index (κ1) is 13.1. The third-order valence-corrected chi connectivity index (χ3v) is 3.01. The average molecular weight is 310 g/mol. The van der Waals surface area contributed by atoms with Gasteiger partial charge in [-0.15, -0.1) is 0 Å². The minimum Gasteiger partial charge on any atom is -0.469 e. The van der Waals surface area contributed by atoms with Gasteiger partial charge < -0.3 is 9.73 Å². The van der Waals surface area contributed by atoms with Crippen molar-refractivity contribution in [3.8, 4) is 0 Å². The largest absolute Gasteiger partial charge is 0.469 e. The number of hydrogen-bond acceptors (Lipinski definition) is 4. The zero-order chi connectivity index (χ0) is 13.0. The zero-order valence-electron chi connectivity index (χ0n) is 10.5. The molecule has 1 N–H and O–H groups in total. The quantitative estimate of drug-likeness (QED) is 0.858. The molecule has 0 saturated carbocycles. The number of rotatable bonds is 5. The molecule has 0 amide bonds. The van der Waals surface area contributed by atoms with E-state index in [1.165, 1.54) is 0 Å². The lowest BCUT2D eigenvalue weighted by atomic mass is 10.1. The first-order valence-corrected chi connectivity index (χ1v) is 6.73. The molecule has 0 bridgehead atoms. The highest BCUT2D eigenvalue weighted by atomic mass is 79.9. The molecule has 0 radical (unpaired) electrons. The molecule has 0 saturated heterocycles. The topological polar surface area (TPSA) is 51.0 Å². The number of furan rings is 1. The predicted octanol–water partition coefficient (Wildman–Crippen LogP) is 3.57. The van der Waals surface area contributed by atoms with E-state index in [4.69, 9.17) is 4.42 Å². The van der Waals surface area contributed by atoms with E-state index in [1.54, 1.807) is 6.26 Å². The van der Waals surface area contributed by atoms with Crippen molar-refractivity contribution in [1.82, 2.24) is 9.97 Å². The highest BCUT2D eigenvalue weighted by molar-refractivity contribution is 9.10. The van der Waals surface area contributed by atoms with Crippen LogP contribution in [0.3, 0.4) is 0 Å². The molecule has 96 valence electrons. The van der Waals surface area contributed by atoms with Gasteiger partial charge in [0, 0.05) is 18.5 Å². The fraction of sp³-hybridized carbons (Fsp3) is 0.385. The molecule has 2 aromatic rings. The maximum Gasteiger partial charge on any atom is 0.131 e. The van der Waals surface area contributed by atoms with Gasteiger partial charge in [-0.25, -0.2) is 9.97 Å². The van der Waals surface area contributed by atoms with E-state index >= 15 is 0 Å². The predicted molar refractivity (Wildman–Crippen MR) is 74.6 cm³/mol. The number of anilines is 1. The van der Waals surface area contributed by atoms with Gasteiger partial charge in [-0.1, -0.05) is 0 Å². The maximum atomic E-state index is 5.31. The molecule has 0 aliphatic heterocycles. The average Bonchev–Trinajstić information content (AvgIpc) is 2.77. The Hall–Kier alpha value is -1.36. The number of nitrogens with zero attached hydrogens (tertiary/aromatic N) is 2. The van der Waals surface area contributed by atoms with E-state index in [0.717, 1.165) is 34.8 Å². The van der Waals surface area contributed by atoms with E-state index in [1.807, 2.05) is 25.1 Å². The summed E-state index contributed by atoms with van der Waals surface area (Å²) in [5.74, 6) is 2.62. The summed E-state index contributed by atoms with van der Waals surface area (Å²) in [5, 5.41) is 3.36. The molecule has 2 aromatic heterocycles. The molecule has 2 heterocycles. The highest BCUT2D eigenvalue weighted by Crippen LogP contribution is 2.14. The molecule has 0 aromatic carbocycles. The van der Waals surface area contributed by atoms with Crippen molar-refractivity contribution in [3.05, 3.63) is 40.7 Å². The van der Waals surface area contributed by atoms with E-state index in [2.05, 4.69) is 38.1 Å². The van der Waals surface area contributed by atoms with Crippen molar-refractivity contribution < 1.29 is 4.42 Å². The van der Waals surface area contributed by atoms with E-state index in [-0.39, 0.29) is 0 Å². The minimum absolute atomic E-state index is 0.330. The molecule has 1 unspecified atom stereocenters. The van der Waals surface area contributed by atoms with Crippen LogP contribution in [-0.2, 0) is 6.42 Å². The van der Waals surface area contributed by atoms with Crippen LogP contribution < -0.4 is 5.32 Å². The van der Waals surface area contributed by atoms with Crippen LogP contribution in [0.25, 0.3) is 0 Å². The van der Waals surface area contributed by atoms with Crippen LogP contribution in [0.4, 0.5) is 5.82 Å². The minimum atomic E-state index is 0.330. The molecule has 5 heteroatoms. The molecule has 18 heavy (non-hydrogen) atoms. The summed E-state index contributed by atoms with van der Waals surface area (Å²) in [6.45, 7) is 4.01. The van der Waals surface area contributed by atoms with Crippen molar-refractivity contribution in [3.63, 3.8) is 0 Å². The summed E-state index contributed by atoms with van der Waals surface area (Å²) in [6.07, 6.45) is 3.62. The van der Waals surface area contributed by atoms with Crippen molar-refractivity contribution >= 4 is 21.7 Å². The van der Waals surface area contributed by atoms with Gasteiger partial charge in [0.1, 0.15) is 22.0 Å². The smallest absolute Gasteiger partial charge is 0.131 e. The summed E-state index contributed by atoms with van der Waals surface area (Å²) < 4.78 is 6.11. The molecule has 0 spiro atoms. The Bertz CT molecular complexity index is 479. The lowest BCUT2D eigenvalue weighted by Gasteiger charge is -2.14. The Morgan fingerprint density at radius 2 is 2.28 bits per heavy atom. The second kappa shape index (κ2) is 6.00. The van der Waals surface area contributed by atoms with Gasteiger partial charge in [0.15, 0.2) is 0 Å². The molecular weight excluding hydrogens is 294 g/mol. The summed E-state index contributed by atoms with van der Waals surface area (Å²) in [4.78, 5) is 8.52. The van der Waals surface area contributed by atoms with Gasteiger partial charge in [-0.05, 0) is 48.3 Å². The van der Waals surface area contributed by atoms with Crippen LogP contribution >= 0.6 is 15.9 Å². The van der Waals surface area contributed by atoms with Gasteiger partial charge in [-0.2, -0.15) is 0 Å². The SMILES string of the molecule is Cc1nc(Br)cc(NC(C)CCc2ccco2)n1. The monoisotopic (exact) mass is 309 g/mol. The Kier molecular flexibility index (Phi) is 4.36. The standard InChI is InChI=1S/C13H16BrN3O/c1-9(5-6-11-4-3-7-18-11)15-13-8-12(14)16-10(2)17-13/h3-4,7-9H,5-6H2,1-2H3,(H,15,16,17). The second-order valence-electron chi connectivity index (χ2n) is 4.29. The Morgan fingerprint density at radius 1 is 1.44 bits per heavy atom. The Balaban J connectivity index is 1.88. The van der Waals surface area contributed by atoms with Crippen LogP contribution in [0, 0.1) is 6.92 Å². The number of aryl methyl sites for hydroxylation is 2. The molecule has 0 aliphatic carbocycles. The van der Waals surface area contributed by atoms with Crippen molar-refractivity contribution in [2.75, 3.05) is 5.32 Å². The van der Waals surface area contributed by atoms with Crippen molar-refractivity contribution in [1.29, 1.82) is 0 Å². The zero-order valence-corrected chi connectivity index (χ0v) is 12.1. The van der Waals surface area contributed by atoms with Gasteiger partial charge in [-0.3, -0.25) is 0 Å². The molecule has 0 fully saturated rings. The van der Waals surface area contributed by atoms with E-state index in [9.17, 15) is 0 Å². The number of hydrogen-bond donors (Lipinski definition) is 1. The fourth-order valence-corrected chi connectivity index (χ4v) is 2.22. The van der Waals surface area contributed by atoms with Crippen LogP contribution in [0.2, 0.25) is 0 Å². The van der Waals surface area contributed by atoms with E-state index in [0.29, 0.717) is 6.04 Å². The van der Waals surface area contributed by atoms with Crippen LogP contribution in [0.5, 0.6) is 0 Å². The van der Waals surface area contributed by atoms with Gasteiger partial charge in [0.05, 0.1) is 6.26 Å². The molecular formula is C13H16BrN3O. The third-order valence-electron chi connectivity index (χ3n) is 2.60. The second-order valence-corrected chi connectivity index (χ2v) is 5.10. The lowest BCUT2D eigenvalue weighted by Crippen LogP contribution is -2.17. The van der Waals surface area contributed by atoms with E-state index < -0.39 is 0 Å². The summed E-state index contributed by atoms with van der Waals surface area (Å²) in [5.41, 5.74) is 0. The molecule has 0 aliphatic rings. The van der Waals surface area contributed by atoms with Gasteiger partial charge >= 0.3 is 0 Å². The third kappa shape index (κ3) is 3.84.